The van der Waals surface area contributed by atoms with Crippen molar-refractivity contribution in [1.29, 1.82) is 0 Å². The third-order valence-electron chi connectivity index (χ3n) is 5.66. The van der Waals surface area contributed by atoms with E-state index in [0.717, 1.165) is 51.4 Å². The highest BCUT2D eigenvalue weighted by atomic mass is 35.5. The van der Waals surface area contributed by atoms with Gasteiger partial charge in [0.25, 0.3) is 5.91 Å². The van der Waals surface area contributed by atoms with Crippen LogP contribution in [0.2, 0.25) is 0 Å². The Kier molecular flexibility index (Phi) is 4.76. The van der Waals surface area contributed by atoms with E-state index in [-0.39, 0.29) is 30.9 Å². The Morgan fingerprint density at radius 3 is 2.44 bits per heavy atom. The third kappa shape index (κ3) is 3.01. The topological polar surface area (TPSA) is 114 Å². The largest absolute Gasteiger partial charge is 0.339 e. The molecule has 138 valence electrons. The minimum Gasteiger partial charge on any atom is -0.339 e. The summed E-state index contributed by atoms with van der Waals surface area (Å²) in [5.41, 5.74) is 5.17. The molecule has 9 heteroatoms. The van der Waals surface area contributed by atoms with Gasteiger partial charge in [0.05, 0.1) is 5.54 Å². The minimum atomic E-state index is -0.664. The zero-order chi connectivity index (χ0) is 16.8. The molecule has 3 amide bonds. The molecule has 4 rings (SSSR count). The number of imide groups is 1. The van der Waals surface area contributed by atoms with Crippen LogP contribution in [0, 0.1) is 0 Å². The number of amides is 3. The van der Waals surface area contributed by atoms with Crippen molar-refractivity contribution in [2.75, 3.05) is 6.54 Å². The number of hydrogen-bond acceptors (Lipinski definition) is 6. The van der Waals surface area contributed by atoms with Crippen LogP contribution in [0.1, 0.15) is 63.1 Å². The Balaban J connectivity index is 0.00000182. The first-order valence-corrected chi connectivity index (χ1v) is 8.79. The lowest BCUT2D eigenvalue weighted by Crippen LogP contribution is -2.44. The maximum atomic E-state index is 12.6. The van der Waals surface area contributed by atoms with Crippen LogP contribution in [0.5, 0.6) is 0 Å². The van der Waals surface area contributed by atoms with Crippen molar-refractivity contribution in [3.05, 3.63) is 11.7 Å². The molecule has 3 N–H and O–H groups in total. The Hall–Kier alpha value is -1.67. The van der Waals surface area contributed by atoms with Gasteiger partial charge in [-0.15, -0.1) is 12.4 Å². The third-order valence-corrected chi connectivity index (χ3v) is 5.66. The van der Waals surface area contributed by atoms with Crippen molar-refractivity contribution in [2.45, 2.75) is 68.9 Å². The fourth-order valence-electron chi connectivity index (χ4n) is 4.19. The summed E-state index contributed by atoms with van der Waals surface area (Å²) in [5.74, 6) is 0.852. The lowest BCUT2D eigenvalue weighted by atomic mass is 9.98. The number of nitrogens with one attached hydrogen (secondary N) is 1. The van der Waals surface area contributed by atoms with E-state index in [1.807, 2.05) is 0 Å². The second-order valence-corrected chi connectivity index (χ2v) is 7.30. The maximum absolute atomic E-state index is 12.6. The summed E-state index contributed by atoms with van der Waals surface area (Å²) in [5, 5.41) is 6.88. The highest BCUT2D eigenvalue weighted by molar-refractivity contribution is 6.07. The number of halogens is 1. The second kappa shape index (κ2) is 6.57. The zero-order valence-electron chi connectivity index (χ0n) is 14.1. The first kappa shape index (κ1) is 18.1. The first-order valence-electron chi connectivity index (χ1n) is 8.79. The average Bonchev–Trinajstić information content (AvgIpc) is 3.30. The summed E-state index contributed by atoms with van der Waals surface area (Å²) in [6, 6.07) is -0.312. The van der Waals surface area contributed by atoms with Gasteiger partial charge in [0.2, 0.25) is 5.89 Å². The molecule has 0 unspecified atom stereocenters. The lowest BCUT2D eigenvalue weighted by molar-refractivity contribution is -0.131. The average molecular weight is 370 g/mol. The molecule has 1 aliphatic heterocycles. The Morgan fingerprint density at radius 2 is 1.76 bits per heavy atom. The molecule has 25 heavy (non-hydrogen) atoms. The smallest absolute Gasteiger partial charge is 0.325 e. The molecule has 0 atom stereocenters. The SMILES string of the molecule is Cl.NC1(c2noc(CCN3C(=O)NC4(CCCC4)C3=O)n2)CCCC1. The van der Waals surface area contributed by atoms with Crippen molar-refractivity contribution in [3.63, 3.8) is 0 Å². The molecule has 0 aromatic carbocycles. The van der Waals surface area contributed by atoms with Crippen molar-refractivity contribution in [3.8, 4) is 0 Å². The van der Waals surface area contributed by atoms with E-state index >= 15 is 0 Å². The minimum absolute atomic E-state index is 0. The van der Waals surface area contributed by atoms with E-state index in [9.17, 15) is 9.59 Å². The van der Waals surface area contributed by atoms with Gasteiger partial charge in [-0.1, -0.05) is 30.8 Å². The van der Waals surface area contributed by atoms with Gasteiger partial charge in [-0.2, -0.15) is 4.98 Å². The zero-order valence-corrected chi connectivity index (χ0v) is 14.9. The van der Waals surface area contributed by atoms with Gasteiger partial charge >= 0.3 is 6.03 Å². The molecule has 1 saturated heterocycles. The number of nitrogens with zero attached hydrogens (tertiary/aromatic N) is 3. The van der Waals surface area contributed by atoms with Crippen molar-refractivity contribution >= 4 is 24.3 Å². The van der Waals surface area contributed by atoms with Crippen LogP contribution in [-0.4, -0.2) is 39.1 Å². The number of urea groups is 1. The van der Waals surface area contributed by atoms with E-state index in [1.54, 1.807) is 0 Å². The van der Waals surface area contributed by atoms with Crippen LogP contribution in [0.25, 0.3) is 0 Å². The van der Waals surface area contributed by atoms with Gasteiger partial charge in [-0.3, -0.25) is 9.69 Å². The fraction of sp³-hybridized carbons (Fsp3) is 0.750. The molecule has 1 aromatic rings. The molecule has 2 saturated carbocycles. The Labute approximate surface area is 152 Å². The maximum Gasteiger partial charge on any atom is 0.325 e. The number of nitrogens with two attached hydrogens (primary N) is 1. The lowest BCUT2D eigenvalue weighted by Gasteiger charge is -2.19. The van der Waals surface area contributed by atoms with Crippen LogP contribution in [0.3, 0.4) is 0 Å². The predicted octanol–water partition coefficient (Wildman–Crippen LogP) is 1.63. The summed E-state index contributed by atoms with van der Waals surface area (Å²) in [4.78, 5) is 30.4. The molecule has 3 fully saturated rings. The van der Waals surface area contributed by atoms with Crippen LogP contribution >= 0.6 is 12.4 Å². The fourth-order valence-corrected chi connectivity index (χ4v) is 4.19. The van der Waals surface area contributed by atoms with Crippen LogP contribution in [0.4, 0.5) is 4.79 Å². The molecular weight excluding hydrogens is 346 g/mol. The van der Waals surface area contributed by atoms with Gasteiger partial charge in [-0.05, 0) is 25.7 Å². The van der Waals surface area contributed by atoms with Crippen molar-refractivity contribution in [2.24, 2.45) is 5.73 Å². The Morgan fingerprint density at radius 1 is 1.12 bits per heavy atom. The number of carbonyl (C=O) groups excluding carboxylic acids is 2. The molecule has 8 nitrogen and oxygen atoms in total. The van der Waals surface area contributed by atoms with Crippen molar-refractivity contribution in [1.82, 2.24) is 20.4 Å². The first-order chi connectivity index (χ1) is 11.5. The highest BCUT2D eigenvalue weighted by Crippen LogP contribution is 2.36. The number of aromatic nitrogens is 2. The number of hydrogen-bond donors (Lipinski definition) is 2. The molecule has 1 aromatic heterocycles. The molecular formula is C16H24ClN5O3. The molecule has 0 radical (unpaired) electrons. The van der Waals surface area contributed by atoms with E-state index in [0.29, 0.717) is 18.1 Å². The standard InChI is InChI=1S/C16H23N5O3.ClH/c17-15(6-1-2-7-15)12-18-11(24-20-12)5-10-21-13(22)16(19-14(21)23)8-3-4-9-16;/h1-10,17H2,(H,19,23);1H. The van der Waals surface area contributed by atoms with Crippen LogP contribution < -0.4 is 11.1 Å². The molecule has 0 bridgehead atoms. The summed E-state index contributed by atoms with van der Waals surface area (Å²) in [6.07, 6.45) is 7.65. The monoisotopic (exact) mass is 369 g/mol. The predicted molar refractivity (Wildman–Crippen MR) is 91.0 cm³/mol. The molecule has 1 spiro atoms. The summed E-state index contributed by atoms with van der Waals surface area (Å²) in [7, 11) is 0. The summed E-state index contributed by atoms with van der Waals surface area (Å²) in [6.45, 7) is 0.256. The molecule has 2 heterocycles. The van der Waals surface area contributed by atoms with E-state index < -0.39 is 11.1 Å². The summed E-state index contributed by atoms with van der Waals surface area (Å²) >= 11 is 0. The molecule has 3 aliphatic rings. The van der Waals surface area contributed by atoms with E-state index in [2.05, 4.69) is 15.5 Å². The van der Waals surface area contributed by atoms with Gasteiger partial charge < -0.3 is 15.6 Å². The van der Waals surface area contributed by atoms with Gasteiger partial charge in [-0.25, -0.2) is 4.79 Å². The molecule has 2 aliphatic carbocycles. The normalized spacial score (nSPS) is 24.0. The van der Waals surface area contributed by atoms with Gasteiger partial charge in [0, 0.05) is 13.0 Å². The van der Waals surface area contributed by atoms with E-state index in [4.69, 9.17) is 10.3 Å². The number of rotatable bonds is 4. The van der Waals surface area contributed by atoms with Crippen LogP contribution in [0.15, 0.2) is 4.52 Å². The van der Waals surface area contributed by atoms with E-state index in [1.165, 1.54) is 4.90 Å². The quantitative estimate of drug-likeness (QED) is 0.779. The van der Waals surface area contributed by atoms with Gasteiger partial charge in [0.15, 0.2) is 5.82 Å². The van der Waals surface area contributed by atoms with Crippen LogP contribution in [-0.2, 0) is 16.8 Å². The highest BCUT2D eigenvalue weighted by Gasteiger charge is 2.52. The second-order valence-electron chi connectivity index (χ2n) is 7.30. The van der Waals surface area contributed by atoms with Crippen molar-refractivity contribution < 1.29 is 14.1 Å². The van der Waals surface area contributed by atoms with Gasteiger partial charge in [0.1, 0.15) is 5.54 Å². The summed E-state index contributed by atoms with van der Waals surface area (Å²) < 4.78 is 5.28. The number of carbonyl (C=O) groups is 2. The Bertz CT molecular complexity index is 664.